The largest absolute Gasteiger partial charge is 0.393 e. The van der Waals surface area contributed by atoms with Gasteiger partial charge in [0.15, 0.2) is 0 Å². The standard InChI is InChI=1S/C14H22OS/c15-14(12-6-2-1-3-7-12)10-4-8-13-9-5-11-16-13/h5,9,11-12,14-15H,1-4,6-8,10H2. The van der Waals surface area contributed by atoms with Crippen LogP contribution in [0.15, 0.2) is 17.5 Å². The zero-order valence-corrected chi connectivity index (χ0v) is 10.7. The molecule has 1 heterocycles. The van der Waals surface area contributed by atoms with Crippen LogP contribution in [0, 0.1) is 5.92 Å². The van der Waals surface area contributed by atoms with E-state index in [0.717, 1.165) is 19.3 Å². The maximum atomic E-state index is 10.1. The third-order valence-electron chi connectivity index (χ3n) is 3.70. The summed E-state index contributed by atoms with van der Waals surface area (Å²) in [7, 11) is 0. The Morgan fingerprint density at radius 1 is 1.31 bits per heavy atom. The van der Waals surface area contributed by atoms with Gasteiger partial charge in [-0.25, -0.2) is 0 Å². The molecule has 16 heavy (non-hydrogen) atoms. The first kappa shape index (κ1) is 12.1. The van der Waals surface area contributed by atoms with E-state index in [1.807, 2.05) is 11.3 Å². The van der Waals surface area contributed by atoms with Crippen LogP contribution in [-0.4, -0.2) is 11.2 Å². The van der Waals surface area contributed by atoms with Gasteiger partial charge in [-0.1, -0.05) is 25.3 Å². The van der Waals surface area contributed by atoms with Gasteiger partial charge in [0.1, 0.15) is 0 Å². The zero-order valence-electron chi connectivity index (χ0n) is 9.90. The van der Waals surface area contributed by atoms with Gasteiger partial charge < -0.3 is 5.11 Å². The van der Waals surface area contributed by atoms with Gasteiger partial charge in [0.05, 0.1) is 6.10 Å². The molecule has 0 radical (unpaired) electrons. The first-order valence-electron chi connectivity index (χ1n) is 6.56. The van der Waals surface area contributed by atoms with E-state index in [1.165, 1.54) is 37.0 Å². The Morgan fingerprint density at radius 2 is 2.12 bits per heavy atom. The molecule has 1 nitrogen and oxygen atoms in total. The van der Waals surface area contributed by atoms with E-state index in [2.05, 4.69) is 17.5 Å². The summed E-state index contributed by atoms with van der Waals surface area (Å²) in [5.74, 6) is 0.595. The lowest BCUT2D eigenvalue weighted by Crippen LogP contribution is -2.22. The zero-order chi connectivity index (χ0) is 11.2. The Bertz CT molecular complexity index is 275. The molecule has 1 N–H and O–H groups in total. The molecule has 1 aliphatic carbocycles. The van der Waals surface area contributed by atoms with E-state index in [0.29, 0.717) is 5.92 Å². The maximum absolute atomic E-state index is 10.1. The van der Waals surface area contributed by atoms with Crippen molar-refractivity contribution in [3.63, 3.8) is 0 Å². The fourth-order valence-corrected chi connectivity index (χ4v) is 3.45. The molecule has 1 aromatic heterocycles. The predicted molar refractivity (Wildman–Crippen MR) is 69.8 cm³/mol. The first-order valence-corrected chi connectivity index (χ1v) is 7.44. The normalized spacial score (nSPS) is 19.8. The van der Waals surface area contributed by atoms with Crippen molar-refractivity contribution in [1.82, 2.24) is 0 Å². The van der Waals surface area contributed by atoms with Crippen molar-refractivity contribution in [3.05, 3.63) is 22.4 Å². The van der Waals surface area contributed by atoms with Crippen molar-refractivity contribution >= 4 is 11.3 Å². The third kappa shape index (κ3) is 3.60. The Kier molecular flexibility index (Phi) is 4.86. The second-order valence-electron chi connectivity index (χ2n) is 4.94. The van der Waals surface area contributed by atoms with Crippen molar-refractivity contribution in [2.75, 3.05) is 0 Å². The molecule has 2 heteroatoms. The minimum Gasteiger partial charge on any atom is -0.393 e. The van der Waals surface area contributed by atoms with Crippen LogP contribution in [0.25, 0.3) is 0 Å². The highest BCUT2D eigenvalue weighted by molar-refractivity contribution is 7.09. The summed E-state index contributed by atoms with van der Waals surface area (Å²) in [6.45, 7) is 0. The lowest BCUT2D eigenvalue weighted by molar-refractivity contribution is 0.0756. The van der Waals surface area contributed by atoms with E-state index < -0.39 is 0 Å². The van der Waals surface area contributed by atoms with Crippen LogP contribution < -0.4 is 0 Å². The van der Waals surface area contributed by atoms with Crippen molar-refractivity contribution in [3.8, 4) is 0 Å². The quantitative estimate of drug-likeness (QED) is 0.821. The van der Waals surface area contributed by atoms with Gasteiger partial charge in [0.2, 0.25) is 0 Å². The van der Waals surface area contributed by atoms with Gasteiger partial charge in [-0.15, -0.1) is 11.3 Å². The molecule has 0 saturated heterocycles. The highest BCUT2D eigenvalue weighted by atomic mass is 32.1. The SMILES string of the molecule is OC(CCCc1cccs1)C1CCCCC1. The monoisotopic (exact) mass is 238 g/mol. The molecule has 2 rings (SSSR count). The van der Waals surface area contributed by atoms with Crippen LogP contribution >= 0.6 is 11.3 Å². The molecule has 1 saturated carbocycles. The Balaban J connectivity index is 1.65. The molecule has 1 unspecified atom stereocenters. The molecule has 1 aliphatic rings. The van der Waals surface area contributed by atoms with Gasteiger partial charge in [-0.2, -0.15) is 0 Å². The van der Waals surface area contributed by atoms with Crippen molar-refractivity contribution < 1.29 is 5.11 Å². The molecular formula is C14H22OS. The van der Waals surface area contributed by atoms with E-state index in [1.54, 1.807) is 0 Å². The minimum atomic E-state index is -0.0414. The average molecular weight is 238 g/mol. The van der Waals surface area contributed by atoms with E-state index in [-0.39, 0.29) is 6.10 Å². The fourth-order valence-electron chi connectivity index (χ4n) is 2.69. The van der Waals surface area contributed by atoms with E-state index >= 15 is 0 Å². The number of hydrogen-bond donors (Lipinski definition) is 1. The molecule has 1 aromatic rings. The summed E-state index contributed by atoms with van der Waals surface area (Å²) < 4.78 is 0. The lowest BCUT2D eigenvalue weighted by Gasteiger charge is -2.26. The van der Waals surface area contributed by atoms with E-state index in [4.69, 9.17) is 0 Å². The minimum absolute atomic E-state index is 0.0414. The van der Waals surface area contributed by atoms with Crippen molar-refractivity contribution in [1.29, 1.82) is 0 Å². The first-order chi connectivity index (χ1) is 7.86. The van der Waals surface area contributed by atoms with Crippen LogP contribution in [0.3, 0.4) is 0 Å². The molecule has 90 valence electrons. The summed E-state index contributed by atoms with van der Waals surface area (Å²) in [5, 5.41) is 12.2. The molecule has 0 amide bonds. The topological polar surface area (TPSA) is 20.2 Å². The second kappa shape index (κ2) is 6.41. The van der Waals surface area contributed by atoms with Crippen LogP contribution in [0.4, 0.5) is 0 Å². The highest BCUT2D eigenvalue weighted by Gasteiger charge is 2.20. The molecule has 0 aromatic carbocycles. The van der Waals surface area contributed by atoms with Crippen molar-refractivity contribution in [2.45, 2.75) is 57.5 Å². The fraction of sp³-hybridized carbons (Fsp3) is 0.714. The van der Waals surface area contributed by atoms with Gasteiger partial charge in [-0.3, -0.25) is 0 Å². The molecule has 1 fully saturated rings. The number of aliphatic hydroxyl groups excluding tert-OH is 1. The number of rotatable bonds is 5. The molecule has 0 aliphatic heterocycles. The molecule has 1 atom stereocenters. The van der Waals surface area contributed by atoms with Gasteiger partial charge in [-0.05, 0) is 49.5 Å². The van der Waals surface area contributed by atoms with Crippen LogP contribution in [0.2, 0.25) is 0 Å². The molecule has 0 spiro atoms. The molecular weight excluding hydrogens is 216 g/mol. The summed E-state index contributed by atoms with van der Waals surface area (Å²) in [6.07, 6.45) is 9.75. The second-order valence-corrected chi connectivity index (χ2v) is 5.97. The van der Waals surface area contributed by atoms with Crippen LogP contribution in [0.5, 0.6) is 0 Å². The number of hydrogen-bond acceptors (Lipinski definition) is 2. The predicted octanol–water partition coefficient (Wildman–Crippen LogP) is 4.01. The summed E-state index contributed by atoms with van der Waals surface area (Å²) >= 11 is 1.83. The number of aliphatic hydroxyl groups is 1. The van der Waals surface area contributed by atoms with Crippen LogP contribution in [-0.2, 0) is 6.42 Å². The highest BCUT2D eigenvalue weighted by Crippen LogP contribution is 2.28. The smallest absolute Gasteiger partial charge is 0.0568 e. The van der Waals surface area contributed by atoms with Gasteiger partial charge >= 0.3 is 0 Å². The lowest BCUT2D eigenvalue weighted by atomic mass is 9.83. The Labute approximate surface area is 103 Å². The summed E-state index contributed by atoms with van der Waals surface area (Å²) in [4.78, 5) is 1.45. The van der Waals surface area contributed by atoms with Crippen molar-refractivity contribution in [2.24, 2.45) is 5.92 Å². The summed E-state index contributed by atoms with van der Waals surface area (Å²) in [6, 6.07) is 4.30. The number of thiophene rings is 1. The van der Waals surface area contributed by atoms with Gasteiger partial charge in [0.25, 0.3) is 0 Å². The van der Waals surface area contributed by atoms with Crippen LogP contribution in [0.1, 0.15) is 49.8 Å². The summed E-state index contributed by atoms with van der Waals surface area (Å²) in [5.41, 5.74) is 0. The average Bonchev–Trinajstić information content (AvgIpc) is 2.83. The van der Waals surface area contributed by atoms with E-state index in [9.17, 15) is 5.11 Å². The molecule has 0 bridgehead atoms. The van der Waals surface area contributed by atoms with Gasteiger partial charge in [0, 0.05) is 4.88 Å². The maximum Gasteiger partial charge on any atom is 0.0568 e. The number of aryl methyl sites for hydroxylation is 1. The Morgan fingerprint density at radius 3 is 2.81 bits per heavy atom. The third-order valence-corrected chi connectivity index (χ3v) is 4.63. The Hall–Kier alpha value is -0.340.